The molecule has 2 heterocycles. The zero-order valence-electron chi connectivity index (χ0n) is 13.3. The minimum absolute atomic E-state index is 0.290. The van der Waals surface area contributed by atoms with Gasteiger partial charge in [-0.3, -0.25) is 9.78 Å². The van der Waals surface area contributed by atoms with E-state index in [1.54, 1.807) is 32.4 Å². The van der Waals surface area contributed by atoms with Gasteiger partial charge in [-0.15, -0.1) is 0 Å². The van der Waals surface area contributed by atoms with E-state index in [2.05, 4.69) is 20.4 Å². The van der Waals surface area contributed by atoms with Gasteiger partial charge in [0.25, 0.3) is 5.91 Å². The molecule has 0 aliphatic rings. The Balaban J connectivity index is 1.98. The Bertz CT molecular complexity index is 833. The Labute approximate surface area is 138 Å². The van der Waals surface area contributed by atoms with Gasteiger partial charge in [-0.25, -0.2) is 0 Å². The topological polar surface area (TPSA) is 90.1 Å². The van der Waals surface area contributed by atoms with Gasteiger partial charge >= 0.3 is 0 Å². The van der Waals surface area contributed by atoms with Gasteiger partial charge in [0.2, 0.25) is 5.89 Å². The SMILES string of the molecule is COc1ccccc1[C@H](NC(=O)c1cccnc1)c1noc(C)n1. The van der Waals surface area contributed by atoms with Crippen molar-refractivity contribution in [2.24, 2.45) is 0 Å². The second-order valence-electron chi connectivity index (χ2n) is 5.06. The summed E-state index contributed by atoms with van der Waals surface area (Å²) in [6, 6.07) is 10.1. The number of hydrogen-bond donors (Lipinski definition) is 1. The first-order valence-electron chi connectivity index (χ1n) is 7.33. The van der Waals surface area contributed by atoms with Gasteiger partial charge in [-0.1, -0.05) is 23.4 Å². The van der Waals surface area contributed by atoms with Crippen molar-refractivity contribution >= 4 is 5.91 Å². The van der Waals surface area contributed by atoms with Crippen molar-refractivity contribution in [3.05, 3.63) is 71.6 Å². The molecular weight excluding hydrogens is 308 g/mol. The largest absolute Gasteiger partial charge is 0.496 e. The number of para-hydroxylation sites is 1. The van der Waals surface area contributed by atoms with Crippen molar-refractivity contribution in [1.82, 2.24) is 20.4 Å². The molecule has 3 rings (SSSR count). The van der Waals surface area contributed by atoms with Crippen molar-refractivity contribution in [1.29, 1.82) is 0 Å². The number of aromatic nitrogens is 3. The second-order valence-corrected chi connectivity index (χ2v) is 5.06. The quantitative estimate of drug-likeness (QED) is 0.774. The molecule has 0 fully saturated rings. The molecule has 1 amide bonds. The van der Waals surface area contributed by atoms with Crippen LogP contribution in [0.3, 0.4) is 0 Å². The van der Waals surface area contributed by atoms with Crippen LogP contribution in [0.1, 0.15) is 33.7 Å². The van der Waals surface area contributed by atoms with Crippen LogP contribution in [-0.2, 0) is 0 Å². The molecule has 0 aliphatic heterocycles. The number of amides is 1. The van der Waals surface area contributed by atoms with E-state index >= 15 is 0 Å². The van der Waals surface area contributed by atoms with Crippen molar-refractivity contribution in [2.45, 2.75) is 13.0 Å². The molecule has 0 saturated carbocycles. The Morgan fingerprint density at radius 2 is 2.08 bits per heavy atom. The lowest BCUT2D eigenvalue weighted by Crippen LogP contribution is -2.30. The average molecular weight is 324 g/mol. The van der Waals surface area contributed by atoms with E-state index < -0.39 is 6.04 Å². The molecule has 1 aromatic carbocycles. The standard InChI is InChI=1S/C17H16N4O3/c1-11-19-16(21-24-11)15(13-7-3-4-8-14(13)23-2)20-17(22)12-6-5-9-18-10-12/h3-10,15H,1-2H3,(H,20,22)/t15-/m0/s1. The predicted octanol–water partition coefficient (Wildman–Crippen LogP) is 2.30. The third-order valence-corrected chi connectivity index (χ3v) is 3.45. The minimum Gasteiger partial charge on any atom is -0.496 e. The normalized spacial score (nSPS) is 11.8. The molecule has 0 radical (unpaired) electrons. The fourth-order valence-corrected chi connectivity index (χ4v) is 2.33. The summed E-state index contributed by atoms with van der Waals surface area (Å²) >= 11 is 0. The Morgan fingerprint density at radius 1 is 1.25 bits per heavy atom. The van der Waals surface area contributed by atoms with Gasteiger partial charge in [0.1, 0.15) is 11.8 Å². The number of nitrogens with zero attached hydrogens (tertiary/aromatic N) is 3. The molecule has 7 nitrogen and oxygen atoms in total. The molecule has 3 aromatic rings. The van der Waals surface area contributed by atoms with Gasteiger partial charge in [-0.2, -0.15) is 4.98 Å². The second kappa shape index (κ2) is 6.91. The van der Waals surface area contributed by atoms with Crippen LogP contribution >= 0.6 is 0 Å². The van der Waals surface area contributed by atoms with E-state index in [-0.39, 0.29) is 5.91 Å². The Morgan fingerprint density at radius 3 is 2.75 bits per heavy atom. The molecular formula is C17H16N4O3. The molecule has 0 aliphatic carbocycles. The maximum Gasteiger partial charge on any atom is 0.253 e. The van der Waals surface area contributed by atoms with E-state index in [1.165, 1.54) is 6.20 Å². The lowest BCUT2D eigenvalue weighted by atomic mass is 10.0. The number of nitrogens with one attached hydrogen (secondary N) is 1. The van der Waals surface area contributed by atoms with E-state index in [0.717, 1.165) is 5.56 Å². The summed E-state index contributed by atoms with van der Waals surface area (Å²) in [6.45, 7) is 1.69. The smallest absolute Gasteiger partial charge is 0.253 e. The monoisotopic (exact) mass is 324 g/mol. The highest BCUT2D eigenvalue weighted by molar-refractivity contribution is 5.94. The number of hydrogen-bond acceptors (Lipinski definition) is 6. The number of aryl methyl sites for hydroxylation is 1. The van der Waals surface area contributed by atoms with E-state index in [4.69, 9.17) is 9.26 Å². The maximum atomic E-state index is 12.5. The van der Waals surface area contributed by atoms with Crippen molar-refractivity contribution in [3.63, 3.8) is 0 Å². The molecule has 1 atom stereocenters. The zero-order valence-corrected chi connectivity index (χ0v) is 13.3. The molecule has 0 unspecified atom stereocenters. The number of ether oxygens (including phenoxy) is 1. The Hall–Kier alpha value is -3.22. The number of carbonyl (C=O) groups excluding carboxylic acids is 1. The first-order chi connectivity index (χ1) is 11.7. The third kappa shape index (κ3) is 3.24. The Kier molecular flexibility index (Phi) is 4.51. The zero-order chi connectivity index (χ0) is 16.9. The molecule has 0 saturated heterocycles. The highest BCUT2D eigenvalue weighted by Crippen LogP contribution is 2.28. The number of rotatable bonds is 5. The number of methoxy groups -OCH3 is 1. The van der Waals surface area contributed by atoms with Crippen LogP contribution in [-0.4, -0.2) is 28.1 Å². The fraction of sp³-hybridized carbons (Fsp3) is 0.176. The van der Waals surface area contributed by atoms with E-state index in [9.17, 15) is 4.79 Å². The first kappa shape index (κ1) is 15.7. The summed E-state index contributed by atoms with van der Waals surface area (Å²) in [5.74, 6) is 1.10. The number of benzene rings is 1. The van der Waals surface area contributed by atoms with Crippen LogP contribution < -0.4 is 10.1 Å². The molecule has 2 aromatic heterocycles. The number of pyridine rings is 1. The lowest BCUT2D eigenvalue weighted by Gasteiger charge is -2.18. The van der Waals surface area contributed by atoms with E-state index in [1.807, 2.05) is 24.3 Å². The van der Waals surface area contributed by atoms with Gasteiger partial charge in [0.05, 0.1) is 12.7 Å². The summed E-state index contributed by atoms with van der Waals surface area (Å²) in [5, 5.41) is 6.85. The predicted molar refractivity (Wildman–Crippen MR) is 85.6 cm³/mol. The third-order valence-electron chi connectivity index (χ3n) is 3.45. The molecule has 0 bridgehead atoms. The van der Waals surface area contributed by atoms with Crippen LogP contribution in [0, 0.1) is 6.92 Å². The summed E-state index contributed by atoms with van der Waals surface area (Å²) < 4.78 is 10.5. The first-order valence-corrected chi connectivity index (χ1v) is 7.33. The van der Waals surface area contributed by atoms with Crippen LogP contribution in [0.2, 0.25) is 0 Å². The molecule has 1 N–H and O–H groups in total. The average Bonchev–Trinajstić information content (AvgIpc) is 3.06. The van der Waals surface area contributed by atoms with Gasteiger partial charge in [-0.05, 0) is 18.2 Å². The van der Waals surface area contributed by atoms with Gasteiger partial charge in [0, 0.05) is 24.9 Å². The van der Waals surface area contributed by atoms with E-state index in [0.29, 0.717) is 23.0 Å². The number of carbonyl (C=O) groups is 1. The van der Waals surface area contributed by atoms with Crippen molar-refractivity contribution in [3.8, 4) is 5.75 Å². The van der Waals surface area contributed by atoms with Crippen molar-refractivity contribution < 1.29 is 14.1 Å². The summed E-state index contributed by atoms with van der Waals surface area (Å²) in [6.07, 6.45) is 3.10. The molecule has 7 heteroatoms. The van der Waals surface area contributed by atoms with Crippen LogP contribution in [0.4, 0.5) is 0 Å². The lowest BCUT2D eigenvalue weighted by molar-refractivity contribution is 0.0940. The van der Waals surface area contributed by atoms with Crippen LogP contribution in [0.5, 0.6) is 5.75 Å². The van der Waals surface area contributed by atoms with Crippen molar-refractivity contribution in [2.75, 3.05) is 7.11 Å². The summed E-state index contributed by atoms with van der Waals surface area (Å²) in [5.41, 5.74) is 1.18. The molecule has 24 heavy (non-hydrogen) atoms. The molecule has 122 valence electrons. The highest BCUT2D eigenvalue weighted by atomic mass is 16.5. The maximum absolute atomic E-state index is 12.5. The van der Waals surface area contributed by atoms with Gasteiger partial charge in [0.15, 0.2) is 5.82 Å². The van der Waals surface area contributed by atoms with Gasteiger partial charge < -0.3 is 14.6 Å². The highest BCUT2D eigenvalue weighted by Gasteiger charge is 2.25. The fourth-order valence-electron chi connectivity index (χ4n) is 2.33. The minimum atomic E-state index is -0.605. The molecule has 0 spiro atoms. The van der Waals surface area contributed by atoms with Crippen LogP contribution in [0.25, 0.3) is 0 Å². The van der Waals surface area contributed by atoms with Crippen LogP contribution in [0.15, 0.2) is 53.3 Å². The summed E-state index contributed by atoms with van der Waals surface area (Å²) in [4.78, 5) is 20.7. The summed E-state index contributed by atoms with van der Waals surface area (Å²) in [7, 11) is 1.57.